The van der Waals surface area contributed by atoms with Gasteiger partial charge in [-0.25, -0.2) is 0 Å². The molecule has 1 amide bonds. The van der Waals surface area contributed by atoms with Gasteiger partial charge in [0.25, 0.3) is 5.91 Å². The number of nitrogens with zero attached hydrogens (tertiary/aromatic N) is 3. The molecule has 154 valence electrons. The van der Waals surface area contributed by atoms with Gasteiger partial charge in [0.15, 0.2) is 5.69 Å². The standard InChI is InChI=1S/C22H27N3O4/c1-14-6-7-15(12-16(14)29-3)22(8-4-5-9-22)13-17-23-20(27)19(26)18-21(28)24(2)10-11-25(17)18/h6-7,12,26H,4-5,8-11,13H2,1-3H3. The number of aromatic nitrogens is 2. The maximum Gasteiger partial charge on any atom is 0.315 e. The molecule has 0 saturated heterocycles. The summed E-state index contributed by atoms with van der Waals surface area (Å²) in [5, 5.41) is 10.2. The number of fused-ring (bicyclic) bond motifs is 1. The van der Waals surface area contributed by atoms with E-state index < -0.39 is 11.3 Å². The maximum atomic E-state index is 12.6. The second-order valence-corrected chi connectivity index (χ2v) is 8.26. The maximum absolute atomic E-state index is 12.6. The van der Waals surface area contributed by atoms with E-state index in [9.17, 15) is 14.7 Å². The van der Waals surface area contributed by atoms with Crippen LogP contribution in [-0.2, 0) is 18.4 Å². The molecule has 1 fully saturated rings. The van der Waals surface area contributed by atoms with Gasteiger partial charge in [0.1, 0.15) is 11.6 Å². The van der Waals surface area contributed by atoms with E-state index in [2.05, 4.69) is 23.2 Å². The van der Waals surface area contributed by atoms with Gasteiger partial charge in [-0.2, -0.15) is 4.98 Å². The average Bonchev–Trinajstić information content (AvgIpc) is 3.18. The van der Waals surface area contributed by atoms with Crippen LogP contribution >= 0.6 is 0 Å². The molecule has 1 aromatic heterocycles. The van der Waals surface area contributed by atoms with Crippen molar-refractivity contribution in [2.75, 3.05) is 20.7 Å². The van der Waals surface area contributed by atoms with E-state index in [1.807, 2.05) is 6.92 Å². The SMILES string of the molecule is COc1cc(C2(Cc3nc(=O)c(O)c4n3CCN(C)C4=O)CCCC2)ccc1C. The summed E-state index contributed by atoms with van der Waals surface area (Å²) in [7, 11) is 3.35. The molecule has 1 N–H and O–H groups in total. The van der Waals surface area contributed by atoms with Gasteiger partial charge in [0.2, 0.25) is 5.75 Å². The smallest absolute Gasteiger partial charge is 0.315 e. The van der Waals surface area contributed by atoms with Gasteiger partial charge in [-0.3, -0.25) is 9.59 Å². The molecule has 0 bridgehead atoms. The second kappa shape index (κ2) is 7.21. The number of aromatic hydroxyl groups is 1. The minimum Gasteiger partial charge on any atom is -0.501 e. The molecule has 1 aliphatic carbocycles. The largest absolute Gasteiger partial charge is 0.501 e. The van der Waals surface area contributed by atoms with E-state index in [4.69, 9.17) is 4.74 Å². The number of benzene rings is 1. The Morgan fingerprint density at radius 1 is 1.21 bits per heavy atom. The zero-order chi connectivity index (χ0) is 20.8. The van der Waals surface area contributed by atoms with Crippen LogP contribution in [0.4, 0.5) is 0 Å². The molecule has 0 atom stereocenters. The third kappa shape index (κ3) is 3.18. The van der Waals surface area contributed by atoms with E-state index in [1.54, 1.807) is 18.7 Å². The van der Waals surface area contributed by atoms with Crippen LogP contribution in [0.15, 0.2) is 23.0 Å². The minimum absolute atomic E-state index is 0.0587. The molecule has 1 aliphatic heterocycles. The van der Waals surface area contributed by atoms with Crippen LogP contribution in [0.3, 0.4) is 0 Å². The van der Waals surface area contributed by atoms with Crippen LogP contribution < -0.4 is 10.3 Å². The van der Waals surface area contributed by atoms with Crippen molar-refractivity contribution in [3.63, 3.8) is 0 Å². The lowest BCUT2D eigenvalue weighted by atomic mass is 9.75. The molecule has 2 heterocycles. The molecule has 29 heavy (non-hydrogen) atoms. The van der Waals surface area contributed by atoms with Crippen molar-refractivity contribution in [3.8, 4) is 11.5 Å². The van der Waals surface area contributed by atoms with Crippen molar-refractivity contribution in [1.29, 1.82) is 0 Å². The summed E-state index contributed by atoms with van der Waals surface area (Å²) in [6.45, 7) is 3.05. The molecule has 1 aromatic carbocycles. The van der Waals surface area contributed by atoms with Gasteiger partial charge in [0, 0.05) is 32.0 Å². The Kier molecular flexibility index (Phi) is 4.84. The first-order valence-electron chi connectivity index (χ1n) is 10.1. The third-order valence-electron chi connectivity index (χ3n) is 6.52. The highest BCUT2D eigenvalue weighted by molar-refractivity contribution is 5.95. The topological polar surface area (TPSA) is 84.7 Å². The molecule has 0 unspecified atom stereocenters. The lowest BCUT2D eigenvalue weighted by Crippen LogP contribution is -2.42. The van der Waals surface area contributed by atoms with E-state index in [-0.39, 0.29) is 17.0 Å². The Morgan fingerprint density at radius 3 is 2.62 bits per heavy atom. The Bertz CT molecular complexity index is 1020. The molecule has 0 radical (unpaired) electrons. The number of aryl methyl sites for hydroxylation is 1. The predicted octanol–water partition coefficient (Wildman–Crippen LogP) is 2.41. The highest BCUT2D eigenvalue weighted by atomic mass is 16.5. The zero-order valence-corrected chi connectivity index (χ0v) is 17.2. The van der Waals surface area contributed by atoms with Crippen molar-refractivity contribution in [3.05, 3.63) is 51.2 Å². The second-order valence-electron chi connectivity index (χ2n) is 8.26. The van der Waals surface area contributed by atoms with E-state index in [1.165, 1.54) is 10.5 Å². The number of ether oxygens (including phenoxy) is 1. The summed E-state index contributed by atoms with van der Waals surface area (Å²) in [5.41, 5.74) is 1.42. The number of hydrogen-bond donors (Lipinski definition) is 1. The van der Waals surface area contributed by atoms with Gasteiger partial charge >= 0.3 is 5.56 Å². The number of likely N-dealkylation sites (N-methyl/N-ethyl adjacent to an activating group) is 1. The monoisotopic (exact) mass is 397 g/mol. The van der Waals surface area contributed by atoms with Crippen molar-refractivity contribution >= 4 is 5.91 Å². The first-order valence-corrected chi connectivity index (χ1v) is 10.1. The van der Waals surface area contributed by atoms with Gasteiger partial charge < -0.3 is 19.3 Å². The molecule has 4 rings (SSSR count). The minimum atomic E-state index is -0.732. The number of carbonyl (C=O) groups excluding carboxylic acids is 1. The van der Waals surface area contributed by atoms with E-state index >= 15 is 0 Å². The van der Waals surface area contributed by atoms with Crippen LogP contribution in [0.25, 0.3) is 0 Å². The predicted molar refractivity (Wildman–Crippen MR) is 109 cm³/mol. The summed E-state index contributed by atoms with van der Waals surface area (Å²) in [5.74, 6) is 0.531. The zero-order valence-electron chi connectivity index (χ0n) is 17.2. The molecule has 2 aliphatic rings. The highest BCUT2D eigenvalue weighted by Crippen LogP contribution is 2.45. The number of hydrogen-bond acceptors (Lipinski definition) is 5. The third-order valence-corrected chi connectivity index (χ3v) is 6.52. The van der Waals surface area contributed by atoms with E-state index in [0.29, 0.717) is 25.3 Å². The summed E-state index contributed by atoms with van der Waals surface area (Å²) >= 11 is 0. The van der Waals surface area contributed by atoms with Crippen molar-refractivity contribution in [2.45, 2.75) is 51.0 Å². The number of amides is 1. The van der Waals surface area contributed by atoms with Gasteiger partial charge in [-0.05, 0) is 37.0 Å². The molecule has 7 heteroatoms. The fraction of sp³-hybridized carbons (Fsp3) is 0.500. The molecular weight excluding hydrogens is 370 g/mol. The lowest BCUT2D eigenvalue weighted by Gasteiger charge is -2.33. The number of methoxy groups -OCH3 is 1. The Balaban J connectivity index is 1.82. The Labute approximate surface area is 169 Å². The Hall–Kier alpha value is -2.83. The molecule has 7 nitrogen and oxygen atoms in total. The first-order chi connectivity index (χ1) is 13.9. The fourth-order valence-corrected chi connectivity index (χ4v) is 4.79. The van der Waals surface area contributed by atoms with Gasteiger partial charge in [0.05, 0.1) is 7.11 Å². The average molecular weight is 397 g/mol. The normalized spacial score (nSPS) is 18.0. The van der Waals surface area contributed by atoms with Crippen LogP contribution in [0.1, 0.15) is 53.1 Å². The molecule has 2 aromatic rings. The van der Waals surface area contributed by atoms with Crippen LogP contribution in [0, 0.1) is 6.92 Å². The highest BCUT2D eigenvalue weighted by Gasteiger charge is 2.39. The van der Waals surface area contributed by atoms with Crippen LogP contribution in [0.5, 0.6) is 11.5 Å². The van der Waals surface area contributed by atoms with Gasteiger partial charge in [-0.1, -0.05) is 25.0 Å². The number of carbonyl (C=O) groups is 1. The van der Waals surface area contributed by atoms with E-state index in [0.717, 1.165) is 37.0 Å². The molecular formula is C22H27N3O4. The van der Waals surface area contributed by atoms with Crippen LogP contribution in [0.2, 0.25) is 0 Å². The fourth-order valence-electron chi connectivity index (χ4n) is 4.79. The summed E-state index contributed by atoms with van der Waals surface area (Å²) in [6.07, 6.45) is 4.73. The number of rotatable bonds is 4. The lowest BCUT2D eigenvalue weighted by molar-refractivity contribution is 0.0737. The first kappa shape index (κ1) is 19.5. The Morgan fingerprint density at radius 2 is 1.93 bits per heavy atom. The quantitative estimate of drug-likeness (QED) is 0.856. The van der Waals surface area contributed by atoms with Crippen molar-refractivity contribution < 1.29 is 14.6 Å². The summed E-state index contributed by atoms with van der Waals surface area (Å²) in [4.78, 5) is 30.7. The van der Waals surface area contributed by atoms with Crippen LogP contribution in [-0.4, -0.2) is 46.2 Å². The summed E-state index contributed by atoms with van der Waals surface area (Å²) < 4.78 is 7.28. The molecule has 0 spiro atoms. The summed E-state index contributed by atoms with van der Waals surface area (Å²) in [6, 6.07) is 6.30. The van der Waals surface area contributed by atoms with Crippen molar-refractivity contribution in [2.24, 2.45) is 0 Å². The van der Waals surface area contributed by atoms with Crippen molar-refractivity contribution in [1.82, 2.24) is 14.5 Å². The molecule has 1 saturated carbocycles. The van der Waals surface area contributed by atoms with Gasteiger partial charge in [-0.15, -0.1) is 0 Å².